The van der Waals surface area contributed by atoms with Crippen LogP contribution in [-0.4, -0.2) is 69.8 Å². The largest absolute Gasteiger partial charge is 0.481 e. The molecule has 1 aliphatic carbocycles. The van der Waals surface area contributed by atoms with E-state index in [0.717, 1.165) is 38.5 Å². The van der Waals surface area contributed by atoms with Crippen LogP contribution in [0.15, 0.2) is 30.3 Å². The Morgan fingerprint density at radius 1 is 0.935 bits per heavy atom. The van der Waals surface area contributed by atoms with Gasteiger partial charge in [-0.15, -0.1) is 11.2 Å². The second-order valence-electron chi connectivity index (χ2n) is 14.7. The number of carboxylic acids is 1. The number of amides is 1. The lowest BCUT2D eigenvalue weighted by Gasteiger charge is -2.56. The molecule has 1 aromatic carbocycles. The van der Waals surface area contributed by atoms with Crippen LogP contribution >= 0.6 is 0 Å². The van der Waals surface area contributed by atoms with Crippen molar-refractivity contribution in [1.82, 2.24) is 21.4 Å². The minimum Gasteiger partial charge on any atom is -0.481 e. The van der Waals surface area contributed by atoms with E-state index in [1.54, 1.807) is 0 Å². The number of carbonyl (C=O) groups excluding carboxylic acids is 2. The van der Waals surface area contributed by atoms with E-state index in [1.807, 2.05) is 11.0 Å². The number of carbonyl (C=O) groups is 3. The van der Waals surface area contributed by atoms with Gasteiger partial charge in [-0.1, -0.05) is 75.3 Å². The van der Waals surface area contributed by atoms with Crippen LogP contribution in [-0.2, 0) is 35.2 Å². The van der Waals surface area contributed by atoms with E-state index >= 15 is 4.79 Å². The van der Waals surface area contributed by atoms with Crippen molar-refractivity contribution < 1.29 is 33.9 Å². The number of benzene rings is 1. The van der Waals surface area contributed by atoms with Crippen molar-refractivity contribution in [3.8, 4) is 0 Å². The van der Waals surface area contributed by atoms with Crippen LogP contribution in [0.1, 0.15) is 117 Å². The number of ketones is 1. The van der Waals surface area contributed by atoms with Crippen LogP contribution < -0.4 is 16.5 Å². The van der Waals surface area contributed by atoms with E-state index in [9.17, 15) is 9.59 Å². The van der Waals surface area contributed by atoms with Crippen LogP contribution in [0.5, 0.6) is 0 Å². The number of hydrogen-bond acceptors (Lipinski definition) is 9. The van der Waals surface area contributed by atoms with Crippen molar-refractivity contribution in [2.45, 2.75) is 140 Å². The van der Waals surface area contributed by atoms with E-state index in [-0.39, 0.29) is 29.5 Å². The van der Waals surface area contributed by atoms with Gasteiger partial charge in [0, 0.05) is 30.0 Å². The third-order valence-corrected chi connectivity index (χ3v) is 9.87. The van der Waals surface area contributed by atoms with Gasteiger partial charge in [0.05, 0.1) is 6.61 Å². The molecule has 1 aromatic rings. The minimum atomic E-state index is -1.21. The molecule has 2 spiro atoms. The summed E-state index contributed by atoms with van der Waals surface area (Å²) in [6.07, 6.45) is 12.7. The molecule has 4 rings (SSSR count). The fourth-order valence-electron chi connectivity index (χ4n) is 8.24. The second-order valence-corrected chi connectivity index (χ2v) is 14.7. The minimum absolute atomic E-state index is 0.0373. The molecule has 3 fully saturated rings. The van der Waals surface area contributed by atoms with Gasteiger partial charge in [-0.2, -0.15) is 0 Å². The Hall–Kier alpha value is -2.41. The first-order valence-corrected chi connectivity index (χ1v) is 17.2. The first kappa shape index (κ1) is 36.4. The van der Waals surface area contributed by atoms with Crippen molar-refractivity contribution in [2.75, 3.05) is 19.8 Å². The van der Waals surface area contributed by atoms with Gasteiger partial charge in [0.1, 0.15) is 18.8 Å². The zero-order chi connectivity index (χ0) is 33.3. The lowest BCUT2D eigenvalue weighted by atomic mass is 9.62. The summed E-state index contributed by atoms with van der Waals surface area (Å²) >= 11 is 0. The molecule has 2 aliphatic heterocycles. The maximum Gasteiger partial charge on any atom is 0.310 e. The number of ether oxygens (including phenoxy) is 1. The fourth-order valence-corrected chi connectivity index (χ4v) is 8.24. The number of piperidine rings is 1. The summed E-state index contributed by atoms with van der Waals surface area (Å²) in [5.74, 6) is -1.85. The highest BCUT2D eigenvalue weighted by Crippen LogP contribution is 2.54. The highest BCUT2D eigenvalue weighted by molar-refractivity contribution is 5.95. The second kappa shape index (κ2) is 16.1. The topological polar surface area (TPSA) is 138 Å². The summed E-state index contributed by atoms with van der Waals surface area (Å²) in [5.41, 5.74) is 3.52. The van der Waals surface area contributed by atoms with Crippen molar-refractivity contribution in [1.29, 1.82) is 0 Å². The van der Waals surface area contributed by atoms with E-state index in [0.29, 0.717) is 19.4 Å². The Labute approximate surface area is 274 Å². The number of carboxylic acid groups (broad SMARTS) is 1. The number of nitrogens with one attached hydrogen (secondary N) is 3. The average molecular weight is 645 g/mol. The molecular formula is C35H56N4O7. The van der Waals surface area contributed by atoms with Gasteiger partial charge < -0.3 is 20.1 Å². The number of hydrogen-bond donors (Lipinski definition) is 4. The summed E-state index contributed by atoms with van der Waals surface area (Å²) in [6, 6.07) is 10.4. The molecular weight excluding hydrogens is 588 g/mol. The van der Waals surface area contributed by atoms with Crippen LogP contribution in [0.25, 0.3) is 0 Å². The first-order valence-electron chi connectivity index (χ1n) is 17.2. The van der Waals surface area contributed by atoms with Gasteiger partial charge >= 0.3 is 5.97 Å². The highest BCUT2D eigenvalue weighted by Gasteiger charge is 2.68. The molecule has 0 radical (unpaired) electrons. The zero-order valence-corrected chi connectivity index (χ0v) is 28.3. The quantitative estimate of drug-likeness (QED) is 0.140. The summed E-state index contributed by atoms with van der Waals surface area (Å²) in [5, 5.41) is 12.6. The summed E-state index contributed by atoms with van der Waals surface area (Å²) in [6.45, 7) is 8.80. The molecule has 3 aliphatic rings. The molecule has 11 nitrogen and oxygen atoms in total. The van der Waals surface area contributed by atoms with Gasteiger partial charge in [0.15, 0.2) is 11.4 Å². The van der Waals surface area contributed by atoms with Crippen LogP contribution in [0.3, 0.4) is 0 Å². The number of nitrogens with zero attached hydrogens (tertiary/aromatic N) is 1. The third kappa shape index (κ3) is 9.35. The van der Waals surface area contributed by atoms with Crippen molar-refractivity contribution >= 4 is 17.7 Å². The molecule has 2 atom stereocenters. The molecule has 1 amide bonds. The van der Waals surface area contributed by atoms with Gasteiger partial charge in [-0.3, -0.25) is 24.1 Å². The van der Waals surface area contributed by atoms with E-state index in [2.05, 4.69) is 68.5 Å². The molecule has 4 N–H and O–H groups in total. The number of rotatable bonds is 12. The Kier molecular flexibility index (Phi) is 12.8. The predicted octanol–water partition coefficient (Wildman–Crippen LogP) is 5.00. The lowest BCUT2D eigenvalue weighted by Crippen LogP contribution is -2.71. The number of hydrazine groups is 1. The summed E-state index contributed by atoms with van der Waals surface area (Å²) in [4.78, 5) is 49.9. The van der Waals surface area contributed by atoms with Crippen molar-refractivity contribution in [3.05, 3.63) is 35.9 Å². The summed E-state index contributed by atoms with van der Waals surface area (Å²) < 4.78 is 7.49. The SMILES string of the molecule is CC1(C)CC2(OC3(CCCCCCCCCCC3)N(CCONNOCC(=O)CC(=O)O)C2=O)C(Cc2ccccc2)C(C)(C)N1. The van der Waals surface area contributed by atoms with E-state index in [1.165, 1.54) is 37.7 Å². The normalized spacial score (nSPS) is 26.5. The van der Waals surface area contributed by atoms with Crippen LogP contribution in [0, 0.1) is 5.92 Å². The van der Waals surface area contributed by atoms with Crippen LogP contribution in [0.4, 0.5) is 0 Å². The van der Waals surface area contributed by atoms with Gasteiger partial charge in [0.2, 0.25) is 0 Å². The molecule has 0 bridgehead atoms. The maximum atomic E-state index is 15.1. The highest BCUT2D eigenvalue weighted by atomic mass is 16.8. The monoisotopic (exact) mass is 644 g/mol. The zero-order valence-electron chi connectivity index (χ0n) is 28.3. The molecule has 2 unspecified atom stereocenters. The Morgan fingerprint density at radius 3 is 2.13 bits per heavy atom. The predicted molar refractivity (Wildman–Crippen MR) is 174 cm³/mol. The fraction of sp³-hybridized carbons (Fsp3) is 0.743. The third-order valence-electron chi connectivity index (χ3n) is 9.87. The number of aliphatic carboxylic acids is 1. The van der Waals surface area contributed by atoms with Gasteiger partial charge in [-0.05, 0) is 65.4 Å². The molecule has 2 saturated heterocycles. The average Bonchev–Trinajstić information content (AvgIpc) is 3.18. The van der Waals surface area contributed by atoms with Crippen molar-refractivity contribution in [3.63, 3.8) is 0 Å². The molecule has 11 heteroatoms. The molecule has 2 heterocycles. The molecule has 46 heavy (non-hydrogen) atoms. The van der Waals surface area contributed by atoms with Gasteiger partial charge in [-0.25, -0.2) is 0 Å². The van der Waals surface area contributed by atoms with Crippen LogP contribution in [0.2, 0.25) is 0 Å². The smallest absolute Gasteiger partial charge is 0.310 e. The lowest BCUT2D eigenvalue weighted by molar-refractivity contribution is -0.201. The Bertz CT molecular complexity index is 1150. The molecule has 258 valence electrons. The first-order chi connectivity index (χ1) is 21.9. The van der Waals surface area contributed by atoms with E-state index < -0.39 is 36.1 Å². The molecule has 0 aromatic heterocycles. The maximum absolute atomic E-state index is 15.1. The van der Waals surface area contributed by atoms with Gasteiger partial charge in [0.25, 0.3) is 5.91 Å². The number of Topliss-reactive ketones (excluding diaryl/α,β-unsaturated/α-hetero) is 1. The summed E-state index contributed by atoms with van der Waals surface area (Å²) in [7, 11) is 0. The molecule has 1 saturated carbocycles. The van der Waals surface area contributed by atoms with Crippen molar-refractivity contribution in [2.24, 2.45) is 5.92 Å². The van der Waals surface area contributed by atoms with E-state index in [4.69, 9.17) is 19.5 Å². The Balaban J connectivity index is 1.58. The Morgan fingerprint density at radius 2 is 1.52 bits per heavy atom. The standard InChI is InChI=1S/C35H56N4O7/c1-32(2)26-35(29(33(3,4)36-32)23-27-17-13-12-14-18-27)31(43)39(21-22-44-37-38-45-25-28(40)24-30(41)42)34(46-35)19-15-10-8-6-5-7-9-11-16-20-34/h12-14,17-18,29,36-38H,5-11,15-16,19-26H2,1-4H3,(H,41,42).